The fraction of sp³-hybridized carbons (Fsp3) is 0.316. The van der Waals surface area contributed by atoms with Crippen LogP contribution in [0.25, 0.3) is 0 Å². The molecule has 0 heterocycles. The smallest absolute Gasteiger partial charge is 0.161 e. The first-order valence-corrected chi connectivity index (χ1v) is 7.67. The molecule has 23 heavy (non-hydrogen) atoms. The van der Waals surface area contributed by atoms with E-state index in [2.05, 4.69) is 11.7 Å². The minimum absolute atomic E-state index is 0.0215. The standard InChI is InChI=1S/C19H24NO3/c1-4-16(15-10-11-18(22-2)19(12-15)23-3)20-13-17(21)14-8-6-5-7-9-14/h4-12,16-17,20-21H,13H2,1-3H3. The first-order valence-electron chi connectivity index (χ1n) is 7.67. The molecule has 0 saturated carbocycles. The van der Waals surface area contributed by atoms with Crippen LogP contribution in [-0.2, 0) is 0 Å². The average molecular weight is 314 g/mol. The number of hydrogen-bond acceptors (Lipinski definition) is 4. The van der Waals surface area contributed by atoms with E-state index in [0.717, 1.165) is 11.1 Å². The van der Waals surface area contributed by atoms with Gasteiger partial charge in [-0.05, 0) is 29.7 Å². The zero-order chi connectivity index (χ0) is 16.7. The van der Waals surface area contributed by atoms with Crippen molar-refractivity contribution in [2.45, 2.75) is 19.1 Å². The molecule has 2 aromatic carbocycles. The predicted octanol–water partition coefficient (Wildman–Crippen LogP) is 3.29. The Bertz CT molecular complexity index is 601. The van der Waals surface area contributed by atoms with Gasteiger partial charge in [-0.2, -0.15) is 0 Å². The van der Waals surface area contributed by atoms with Crippen molar-refractivity contribution >= 4 is 0 Å². The minimum atomic E-state index is -0.543. The summed E-state index contributed by atoms with van der Waals surface area (Å²) in [6, 6.07) is 15.5. The molecule has 2 unspecified atom stereocenters. The van der Waals surface area contributed by atoms with Gasteiger partial charge in [-0.3, -0.25) is 0 Å². The van der Waals surface area contributed by atoms with Gasteiger partial charge in [0.15, 0.2) is 11.5 Å². The largest absolute Gasteiger partial charge is 0.493 e. The second-order valence-electron chi connectivity index (χ2n) is 5.26. The summed E-state index contributed by atoms with van der Waals surface area (Å²) in [4.78, 5) is 0. The molecule has 4 nitrogen and oxygen atoms in total. The zero-order valence-electron chi connectivity index (χ0n) is 13.8. The normalized spacial score (nSPS) is 13.4. The number of methoxy groups -OCH3 is 2. The van der Waals surface area contributed by atoms with E-state index in [1.807, 2.05) is 55.5 Å². The van der Waals surface area contributed by atoms with Gasteiger partial charge in [0, 0.05) is 12.6 Å². The van der Waals surface area contributed by atoms with Gasteiger partial charge < -0.3 is 19.9 Å². The summed E-state index contributed by atoms with van der Waals surface area (Å²) in [6.45, 7) is 2.45. The summed E-state index contributed by atoms with van der Waals surface area (Å²) in [5.74, 6) is 1.40. The number of rotatable bonds is 8. The second-order valence-corrected chi connectivity index (χ2v) is 5.26. The van der Waals surface area contributed by atoms with E-state index in [9.17, 15) is 5.11 Å². The van der Waals surface area contributed by atoms with Crippen LogP contribution in [0.1, 0.15) is 30.2 Å². The first kappa shape index (κ1) is 17.3. The number of aliphatic hydroxyl groups excluding tert-OH is 1. The number of hydrogen-bond donors (Lipinski definition) is 2. The molecule has 2 aromatic rings. The van der Waals surface area contributed by atoms with Crippen molar-refractivity contribution in [3.63, 3.8) is 0 Å². The second kappa shape index (κ2) is 8.56. The maximum atomic E-state index is 10.3. The Morgan fingerprint density at radius 3 is 2.30 bits per heavy atom. The highest BCUT2D eigenvalue weighted by Gasteiger charge is 2.15. The molecule has 2 atom stereocenters. The third kappa shape index (κ3) is 4.47. The summed E-state index contributed by atoms with van der Waals surface area (Å²) < 4.78 is 10.6. The number of ether oxygens (including phenoxy) is 2. The molecule has 0 bridgehead atoms. The van der Waals surface area contributed by atoms with E-state index < -0.39 is 6.10 Å². The van der Waals surface area contributed by atoms with Gasteiger partial charge in [0.05, 0.1) is 20.3 Å². The molecule has 0 spiro atoms. The van der Waals surface area contributed by atoms with Crippen LogP contribution >= 0.6 is 0 Å². The first-order chi connectivity index (χ1) is 11.2. The van der Waals surface area contributed by atoms with Crippen LogP contribution in [0, 0.1) is 6.42 Å². The van der Waals surface area contributed by atoms with E-state index in [0.29, 0.717) is 18.0 Å². The van der Waals surface area contributed by atoms with Crippen LogP contribution in [0.5, 0.6) is 11.5 Å². The van der Waals surface area contributed by atoms with Gasteiger partial charge in [0.1, 0.15) is 0 Å². The van der Waals surface area contributed by atoms with E-state index in [1.54, 1.807) is 14.2 Å². The van der Waals surface area contributed by atoms with Crippen molar-refractivity contribution in [1.29, 1.82) is 0 Å². The Morgan fingerprint density at radius 2 is 1.70 bits per heavy atom. The van der Waals surface area contributed by atoms with Gasteiger partial charge in [-0.1, -0.05) is 43.3 Å². The molecule has 2 rings (SSSR count). The van der Waals surface area contributed by atoms with Crippen molar-refractivity contribution < 1.29 is 14.6 Å². The topological polar surface area (TPSA) is 50.7 Å². The van der Waals surface area contributed by atoms with Crippen molar-refractivity contribution in [2.24, 2.45) is 0 Å². The molecule has 0 fully saturated rings. The fourth-order valence-corrected chi connectivity index (χ4v) is 2.51. The van der Waals surface area contributed by atoms with E-state index in [1.165, 1.54) is 0 Å². The molecule has 0 saturated heterocycles. The highest BCUT2D eigenvalue weighted by Crippen LogP contribution is 2.30. The fourth-order valence-electron chi connectivity index (χ4n) is 2.51. The molecule has 1 radical (unpaired) electrons. The maximum Gasteiger partial charge on any atom is 0.161 e. The van der Waals surface area contributed by atoms with Crippen molar-refractivity contribution in [2.75, 3.05) is 20.8 Å². The predicted molar refractivity (Wildman–Crippen MR) is 91.7 cm³/mol. The summed E-state index contributed by atoms with van der Waals surface area (Å²) in [5, 5.41) is 13.6. The monoisotopic (exact) mass is 314 g/mol. The number of aliphatic hydroxyl groups is 1. The van der Waals surface area contributed by atoms with Gasteiger partial charge in [0.25, 0.3) is 0 Å². The molecule has 2 N–H and O–H groups in total. The Hall–Kier alpha value is -2.04. The molecular formula is C19H24NO3. The Morgan fingerprint density at radius 1 is 1.00 bits per heavy atom. The van der Waals surface area contributed by atoms with Crippen LogP contribution in [0.2, 0.25) is 0 Å². The van der Waals surface area contributed by atoms with Crippen LogP contribution < -0.4 is 14.8 Å². The average Bonchev–Trinajstić information content (AvgIpc) is 2.62. The molecule has 0 amide bonds. The maximum absolute atomic E-state index is 10.3. The third-order valence-electron chi connectivity index (χ3n) is 3.82. The minimum Gasteiger partial charge on any atom is -0.493 e. The lowest BCUT2D eigenvalue weighted by molar-refractivity contribution is 0.171. The molecular weight excluding hydrogens is 290 g/mol. The van der Waals surface area contributed by atoms with Crippen LogP contribution in [0.4, 0.5) is 0 Å². The van der Waals surface area contributed by atoms with E-state index in [-0.39, 0.29) is 6.04 Å². The lowest BCUT2D eigenvalue weighted by atomic mass is 10.0. The van der Waals surface area contributed by atoms with Crippen LogP contribution in [0.3, 0.4) is 0 Å². The van der Waals surface area contributed by atoms with E-state index in [4.69, 9.17) is 9.47 Å². The molecule has 123 valence electrons. The van der Waals surface area contributed by atoms with Gasteiger partial charge in [0.2, 0.25) is 0 Å². The number of nitrogens with one attached hydrogen (secondary N) is 1. The zero-order valence-corrected chi connectivity index (χ0v) is 13.8. The number of benzene rings is 2. The Labute approximate surface area is 138 Å². The van der Waals surface area contributed by atoms with Crippen LogP contribution in [-0.4, -0.2) is 25.9 Å². The van der Waals surface area contributed by atoms with Gasteiger partial charge in [-0.15, -0.1) is 0 Å². The van der Waals surface area contributed by atoms with Crippen molar-refractivity contribution in [3.05, 3.63) is 66.1 Å². The van der Waals surface area contributed by atoms with Gasteiger partial charge >= 0.3 is 0 Å². The lowest BCUT2D eigenvalue weighted by Crippen LogP contribution is -2.26. The quantitative estimate of drug-likeness (QED) is 0.785. The summed E-state index contributed by atoms with van der Waals surface area (Å²) in [7, 11) is 3.24. The van der Waals surface area contributed by atoms with E-state index >= 15 is 0 Å². The van der Waals surface area contributed by atoms with Crippen molar-refractivity contribution in [3.8, 4) is 11.5 Å². The summed E-state index contributed by atoms with van der Waals surface area (Å²) in [6.07, 6.45) is 1.51. The third-order valence-corrected chi connectivity index (χ3v) is 3.82. The molecule has 0 aliphatic rings. The van der Waals surface area contributed by atoms with Gasteiger partial charge in [-0.25, -0.2) is 0 Å². The lowest BCUT2D eigenvalue weighted by Gasteiger charge is -2.21. The Kier molecular flexibility index (Phi) is 6.44. The highest BCUT2D eigenvalue weighted by atomic mass is 16.5. The molecule has 4 heteroatoms. The SMILES string of the molecule is C[CH]C(NCC(O)c1ccccc1)c1ccc(OC)c(OC)c1. The molecule has 0 aliphatic heterocycles. The highest BCUT2D eigenvalue weighted by molar-refractivity contribution is 5.44. The Balaban J connectivity index is 2.05. The van der Waals surface area contributed by atoms with Crippen LogP contribution in [0.15, 0.2) is 48.5 Å². The molecule has 0 aliphatic carbocycles. The van der Waals surface area contributed by atoms with Crippen molar-refractivity contribution in [1.82, 2.24) is 5.32 Å². The summed E-state index contributed by atoms with van der Waals surface area (Å²) in [5.41, 5.74) is 1.97. The summed E-state index contributed by atoms with van der Waals surface area (Å²) >= 11 is 0. The molecule has 0 aromatic heterocycles.